The number of aryl methyl sites for hydroxylation is 2. The van der Waals surface area contributed by atoms with Gasteiger partial charge in [-0.15, -0.1) is 0 Å². The molecule has 3 aromatic rings. The minimum atomic E-state index is -0.702. The Labute approximate surface area is 212 Å². The van der Waals surface area contributed by atoms with Gasteiger partial charge >= 0.3 is 12.0 Å². The average Bonchev–Trinajstić information content (AvgIpc) is 2.80. The van der Waals surface area contributed by atoms with Gasteiger partial charge in [-0.3, -0.25) is 14.5 Å². The third-order valence-electron chi connectivity index (χ3n) is 5.19. The number of urea groups is 1. The zero-order chi connectivity index (χ0) is 25.7. The number of amides is 2. The van der Waals surface area contributed by atoms with Crippen LogP contribution >= 0.6 is 23.2 Å². The van der Waals surface area contributed by atoms with Crippen molar-refractivity contribution in [2.75, 3.05) is 18.1 Å². The summed E-state index contributed by atoms with van der Waals surface area (Å²) in [6.07, 6.45) is 1.42. The van der Waals surface area contributed by atoms with E-state index in [2.05, 4.69) is 5.32 Å². The van der Waals surface area contributed by atoms with Gasteiger partial charge in [-0.1, -0.05) is 41.4 Å². The number of carbonyl (C=O) groups is 2. The molecular formula is C25H25Cl2N3O5. The van der Waals surface area contributed by atoms with Crippen molar-refractivity contribution in [3.63, 3.8) is 0 Å². The molecule has 0 bridgehead atoms. The third-order valence-corrected chi connectivity index (χ3v) is 5.74. The van der Waals surface area contributed by atoms with Crippen LogP contribution in [-0.4, -0.2) is 34.8 Å². The Morgan fingerprint density at radius 2 is 1.91 bits per heavy atom. The Morgan fingerprint density at radius 1 is 1.17 bits per heavy atom. The maximum Gasteiger partial charge on any atom is 0.326 e. The molecule has 0 spiro atoms. The fourth-order valence-electron chi connectivity index (χ4n) is 3.53. The summed E-state index contributed by atoms with van der Waals surface area (Å²) in [7, 11) is 1.53. The van der Waals surface area contributed by atoms with Crippen LogP contribution in [0.3, 0.4) is 0 Å². The smallest absolute Gasteiger partial charge is 0.326 e. The summed E-state index contributed by atoms with van der Waals surface area (Å²) in [4.78, 5) is 39.1. The molecule has 2 N–H and O–H groups in total. The van der Waals surface area contributed by atoms with E-state index in [1.165, 1.54) is 17.8 Å². The van der Waals surface area contributed by atoms with Gasteiger partial charge in [-0.05, 0) is 43.7 Å². The first-order chi connectivity index (χ1) is 16.6. The van der Waals surface area contributed by atoms with Crippen molar-refractivity contribution in [3.8, 4) is 16.9 Å². The fraction of sp³-hybridized carbons (Fsp3) is 0.240. The maximum atomic E-state index is 13.3. The molecule has 0 saturated carbocycles. The quantitative estimate of drug-likeness (QED) is 0.420. The molecule has 0 radical (unpaired) electrons. The molecular weight excluding hydrogens is 493 g/mol. The molecule has 0 aliphatic heterocycles. The van der Waals surface area contributed by atoms with Gasteiger partial charge in [0, 0.05) is 41.0 Å². The molecule has 1 heterocycles. The van der Waals surface area contributed by atoms with E-state index in [9.17, 15) is 19.5 Å². The van der Waals surface area contributed by atoms with E-state index in [4.69, 9.17) is 27.9 Å². The van der Waals surface area contributed by atoms with Gasteiger partial charge < -0.3 is 19.7 Å². The van der Waals surface area contributed by atoms with Crippen LogP contribution in [0.4, 0.5) is 16.2 Å². The molecule has 2 aromatic carbocycles. The zero-order valence-electron chi connectivity index (χ0n) is 19.5. The lowest BCUT2D eigenvalue weighted by molar-refractivity contribution is -0.142. The number of aromatic hydroxyl groups is 1. The standard InChI is InChI=1S/C25H25Cl2N3O5/c1-4-35-21(31)10-11-28-25(34)30(22-23(32)15(2)14-29(3)24(22)33)18-7-5-6-16(12-18)19-9-8-17(26)13-20(19)27/h5-9,12-14,32H,4,10-11H2,1-3H3,(H,28,34). The first-order valence-corrected chi connectivity index (χ1v) is 11.6. The van der Waals surface area contributed by atoms with Gasteiger partial charge in [0.2, 0.25) is 0 Å². The van der Waals surface area contributed by atoms with E-state index in [0.717, 1.165) is 4.90 Å². The van der Waals surface area contributed by atoms with E-state index >= 15 is 0 Å². The Hall–Kier alpha value is -3.49. The van der Waals surface area contributed by atoms with Crippen LogP contribution < -0.4 is 15.8 Å². The highest BCUT2D eigenvalue weighted by molar-refractivity contribution is 6.36. The van der Waals surface area contributed by atoms with E-state index < -0.39 is 17.6 Å². The van der Waals surface area contributed by atoms with Crippen molar-refractivity contribution < 1.29 is 19.4 Å². The second kappa shape index (κ2) is 11.3. The Morgan fingerprint density at radius 3 is 2.60 bits per heavy atom. The molecule has 1 aromatic heterocycles. The van der Waals surface area contributed by atoms with Gasteiger partial charge in [0.1, 0.15) is 5.75 Å². The van der Waals surface area contributed by atoms with Gasteiger partial charge in [-0.25, -0.2) is 4.79 Å². The predicted octanol–water partition coefficient (Wildman–Crippen LogP) is 5.17. The average molecular weight is 518 g/mol. The number of pyridine rings is 1. The van der Waals surface area contributed by atoms with Gasteiger partial charge in [0.25, 0.3) is 5.56 Å². The Kier molecular flexibility index (Phi) is 8.43. The molecule has 35 heavy (non-hydrogen) atoms. The molecule has 10 heteroatoms. The van der Waals surface area contributed by atoms with Crippen molar-refractivity contribution in [1.29, 1.82) is 0 Å². The normalized spacial score (nSPS) is 10.7. The van der Waals surface area contributed by atoms with E-state index in [1.807, 2.05) is 0 Å². The van der Waals surface area contributed by atoms with E-state index in [-0.39, 0.29) is 31.0 Å². The summed E-state index contributed by atoms with van der Waals surface area (Å²) in [5, 5.41) is 14.3. The number of benzene rings is 2. The highest BCUT2D eigenvalue weighted by atomic mass is 35.5. The third kappa shape index (κ3) is 5.96. The largest absolute Gasteiger partial charge is 0.505 e. The van der Waals surface area contributed by atoms with Crippen LogP contribution in [-0.2, 0) is 16.6 Å². The highest BCUT2D eigenvalue weighted by Gasteiger charge is 2.26. The highest BCUT2D eigenvalue weighted by Crippen LogP contribution is 2.36. The number of rotatable bonds is 7. The topological polar surface area (TPSA) is 101 Å². The monoisotopic (exact) mass is 517 g/mol. The Balaban J connectivity index is 2.09. The molecule has 0 fully saturated rings. The number of hydrogen-bond acceptors (Lipinski definition) is 5. The van der Waals surface area contributed by atoms with Crippen LogP contribution in [0.25, 0.3) is 11.1 Å². The molecule has 3 rings (SSSR count). The SMILES string of the molecule is CCOC(=O)CCNC(=O)N(c1cccc(-c2ccc(Cl)cc2Cl)c1)c1c(O)c(C)cn(C)c1=O. The van der Waals surface area contributed by atoms with Crippen molar-refractivity contribution in [2.45, 2.75) is 20.3 Å². The number of halogens is 2. The first kappa shape index (κ1) is 26.1. The van der Waals surface area contributed by atoms with Gasteiger partial charge in [0.05, 0.1) is 18.7 Å². The first-order valence-electron chi connectivity index (χ1n) is 10.8. The molecule has 0 aliphatic carbocycles. The lowest BCUT2D eigenvalue weighted by atomic mass is 10.0. The lowest BCUT2D eigenvalue weighted by Gasteiger charge is -2.25. The van der Waals surface area contributed by atoms with Gasteiger partial charge in [-0.2, -0.15) is 0 Å². The minimum absolute atomic E-state index is 0.0240. The van der Waals surface area contributed by atoms with Crippen molar-refractivity contribution in [3.05, 3.63) is 74.6 Å². The molecule has 2 amide bonds. The summed E-state index contributed by atoms with van der Waals surface area (Å²) in [5.41, 5.74) is 1.24. The Bertz CT molecular complexity index is 1320. The summed E-state index contributed by atoms with van der Waals surface area (Å²) in [6, 6.07) is 11.1. The van der Waals surface area contributed by atoms with Crippen LogP contribution in [0.15, 0.2) is 53.5 Å². The number of aromatic nitrogens is 1. The van der Waals surface area contributed by atoms with Crippen LogP contribution in [0.5, 0.6) is 5.75 Å². The van der Waals surface area contributed by atoms with Crippen molar-refractivity contribution in [2.24, 2.45) is 7.05 Å². The lowest BCUT2D eigenvalue weighted by Crippen LogP contribution is -2.41. The van der Waals surface area contributed by atoms with Crippen molar-refractivity contribution in [1.82, 2.24) is 9.88 Å². The van der Waals surface area contributed by atoms with Crippen LogP contribution in [0, 0.1) is 6.92 Å². The molecule has 0 unspecified atom stereocenters. The molecule has 0 aliphatic rings. The fourth-order valence-corrected chi connectivity index (χ4v) is 4.05. The number of nitrogens with one attached hydrogen (secondary N) is 1. The van der Waals surface area contributed by atoms with Crippen LogP contribution in [0.2, 0.25) is 10.0 Å². The summed E-state index contributed by atoms with van der Waals surface area (Å²) < 4.78 is 6.17. The summed E-state index contributed by atoms with van der Waals surface area (Å²) in [5.74, 6) is -0.795. The maximum absolute atomic E-state index is 13.3. The minimum Gasteiger partial charge on any atom is -0.505 e. The number of esters is 1. The number of nitrogens with zero attached hydrogens (tertiary/aromatic N) is 2. The number of carbonyl (C=O) groups excluding carboxylic acids is 2. The molecule has 8 nitrogen and oxygen atoms in total. The van der Waals surface area contributed by atoms with E-state index in [1.54, 1.807) is 56.3 Å². The van der Waals surface area contributed by atoms with Crippen molar-refractivity contribution >= 4 is 46.6 Å². The zero-order valence-corrected chi connectivity index (χ0v) is 21.0. The molecule has 0 saturated heterocycles. The molecule has 0 atom stereocenters. The summed E-state index contributed by atoms with van der Waals surface area (Å²) in [6.45, 7) is 3.52. The molecule has 184 valence electrons. The van der Waals surface area contributed by atoms with E-state index in [0.29, 0.717) is 32.4 Å². The number of ether oxygens (including phenoxy) is 1. The second-order valence-electron chi connectivity index (χ2n) is 7.72. The number of hydrogen-bond donors (Lipinski definition) is 2. The number of anilines is 2. The van der Waals surface area contributed by atoms with Crippen LogP contribution in [0.1, 0.15) is 18.9 Å². The predicted molar refractivity (Wildman–Crippen MR) is 137 cm³/mol. The van der Waals surface area contributed by atoms with Gasteiger partial charge in [0.15, 0.2) is 5.69 Å². The second-order valence-corrected chi connectivity index (χ2v) is 8.57. The summed E-state index contributed by atoms with van der Waals surface area (Å²) >= 11 is 12.4.